The third-order valence-electron chi connectivity index (χ3n) is 4.46. The van der Waals surface area contributed by atoms with E-state index in [0.717, 1.165) is 11.1 Å². The van der Waals surface area contributed by atoms with Gasteiger partial charge >= 0.3 is 0 Å². The van der Waals surface area contributed by atoms with Gasteiger partial charge in [0.2, 0.25) is 5.91 Å². The summed E-state index contributed by atoms with van der Waals surface area (Å²) in [5.74, 6) is -0.446. The Labute approximate surface area is 133 Å². The summed E-state index contributed by atoms with van der Waals surface area (Å²) in [6.07, 6.45) is -0.356. The van der Waals surface area contributed by atoms with E-state index in [9.17, 15) is 14.7 Å². The highest BCUT2D eigenvalue weighted by atomic mass is 16.3. The first-order valence-electron chi connectivity index (χ1n) is 7.63. The Morgan fingerprint density at radius 2 is 1.83 bits per heavy atom. The average molecular weight is 308 g/mol. The second kappa shape index (κ2) is 5.21. The minimum atomic E-state index is -0.645. The molecule has 5 nitrogen and oxygen atoms in total. The maximum absolute atomic E-state index is 12.8. The van der Waals surface area contributed by atoms with Crippen LogP contribution in [0.5, 0.6) is 0 Å². The van der Waals surface area contributed by atoms with Gasteiger partial charge in [0.25, 0.3) is 5.91 Å². The van der Waals surface area contributed by atoms with Crippen molar-refractivity contribution in [3.05, 3.63) is 54.1 Å². The van der Waals surface area contributed by atoms with Crippen LogP contribution in [0.15, 0.2) is 48.5 Å². The fraction of sp³-hybridized carbons (Fsp3) is 0.222. The zero-order chi connectivity index (χ0) is 16.0. The van der Waals surface area contributed by atoms with Gasteiger partial charge in [-0.05, 0) is 23.3 Å². The van der Waals surface area contributed by atoms with Crippen molar-refractivity contribution >= 4 is 17.5 Å². The molecule has 5 heteroatoms. The van der Waals surface area contributed by atoms with Crippen LogP contribution in [0.25, 0.3) is 11.1 Å². The van der Waals surface area contributed by atoms with Crippen molar-refractivity contribution in [1.29, 1.82) is 0 Å². The number of benzene rings is 2. The fourth-order valence-electron chi connectivity index (χ4n) is 3.30. The van der Waals surface area contributed by atoms with Crippen molar-refractivity contribution in [3.63, 3.8) is 0 Å². The number of carbonyl (C=O) groups is 2. The predicted molar refractivity (Wildman–Crippen MR) is 86.0 cm³/mol. The Kier molecular flexibility index (Phi) is 3.16. The normalized spacial score (nSPS) is 23.1. The molecule has 2 amide bonds. The number of aliphatic hydroxyl groups excluding tert-OH is 1. The van der Waals surface area contributed by atoms with E-state index >= 15 is 0 Å². The number of amides is 2. The quantitative estimate of drug-likeness (QED) is 0.845. The molecule has 2 aromatic carbocycles. The first-order chi connectivity index (χ1) is 11.1. The SMILES string of the molecule is O=C1Nc2ccc(-c3ccccc3)cc2C(=O)N2C[C@H](O)C[C@@H]12. The highest BCUT2D eigenvalue weighted by Crippen LogP contribution is 2.32. The number of carbonyl (C=O) groups excluding carboxylic acids is 2. The summed E-state index contributed by atoms with van der Waals surface area (Å²) < 4.78 is 0. The van der Waals surface area contributed by atoms with E-state index < -0.39 is 12.1 Å². The van der Waals surface area contributed by atoms with Gasteiger partial charge in [-0.3, -0.25) is 9.59 Å². The van der Waals surface area contributed by atoms with Crippen molar-refractivity contribution in [2.24, 2.45) is 0 Å². The summed E-state index contributed by atoms with van der Waals surface area (Å²) in [5, 5.41) is 12.6. The standard InChI is InChI=1S/C18H16N2O3/c21-13-9-16-17(22)19-15-7-6-12(11-4-2-1-3-5-11)8-14(15)18(23)20(16)10-13/h1-8,13,16,21H,9-10H2,(H,19,22)/t13-,16+/m1/s1. The molecular weight excluding hydrogens is 292 g/mol. The van der Waals surface area contributed by atoms with Crippen molar-refractivity contribution in [1.82, 2.24) is 4.90 Å². The first-order valence-corrected chi connectivity index (χ1v) is 7.63. The summed E-state index contributed by atoms with van der Waals surface area (Å²) in [6.45, 7) is 0.200. The minimum Gasteiger partial charge on any atom is -0.391 e. The van der Waals surface area contributed by atoms with Gasteiger partial charge in [-0.1, -0.05) is 36.4 Å². The molecule has 2 aliphatic heterocycles. The number of hydrogen-bond acceptors (Lipinski definition) is 3. The van der Waals surface area contributed by atoms with E-state index in [2.05, 4.69) is 5.32 Å². The van der Waals surface area contributed by atoms with E-state index in [4.69, 9.17) is 0 Å². The van der Waals surface area contributed by atoms with Gasteiger partial charge in [-0.25, -0.2) is 0 Å². The predicted octanol–water partition coefficient (Wildman–Crippen LogP) is 1.88. The van der Waals surface area contributed by atoms with E-state index in [0.29, 0.717) is 11.3 Å². The van der Waals surface area contributed by atoms with Crippen LogP contribution in [-0.4, -0.2) is 40.5 Å². The van der Waals surface area contributed by atoms with E-state index in [1.54, 1.807) is 12.1 Å². The van der Waals surface area contributed by atoms with Gasteiger partial charge in [-0.15, -0.1) is 0 Å². The molecule has 2 heterocycles. The molecule has 0 radical (unpaired) electrons. The van der Waals surface area contributed by atoms with Crippen LogP contribution in [-0.2, 0) is 4.79 Å². The van der Waals surface area contributed by atoms with Crippen LogP contribution in [0.4, 0.5) is 5.69 Å². The lowest BCUT2D eigenvalue weighted by Crippen LogP contribution is -2.40. The lowest BCUT2D eigenvalue weighted by Gasteiger charge is -2.19. The Bertz CT molecular complexity index is 788. The third-order valence-corrected chi connectivity index (χ3v) is 4.46. The molecule has 0 aliphatic carbocycles. The molecule has 0 saturated carbocycles. The summed E-state index contributed by atoms with van der Waals surface area (Å²) in [6, 6.07) is 14.7. The van der Waals surface area contributed by atoms with Gasteiger partial charge in [0, 0.05) is 13.0 Å². The van der Waals surface area contributed by atoms with Crippen LogP contribution >= 0.6 is 0 Å². The third kappa shape index (κ3) is 2.29. The van der Waals surface area contributed by atoms with Crippen molar-refractivity contribution in [2.75, 3.05) is 11.9 Å². The van der Waals surface area contributed by atoms with Gasteiger partial charge in [0.15, 0.2) is 0 Å². The molecule has 4 rings (SSSR count). The molecule has 0 spiro atoms. The molecule has 2 aliphatic rings. The summed E-state index contributed by atoms with van der Waals surface area (Å²) >= 11 is 0. The van der Waals surface area contributed by atoms with Crippen LogP contribution in [0.1, 0.15) is 16.8 Å². The summed E-state index contributed by atoms with van der Waals surface area (Å²) in [7, 11) is 0. The molecule has 2 aromatic rings. The number of anilines is 1. The molecule has 23 heavy (non-hydrogen) atoms. The lowest BCUT2D eigenvalue weighted by atomic mass is 10.0. The molecule has 2 atom stereocenters. The molecule has 0 unspecified atom stereocenters. The van der Waals surface area contributed by atoms with Crippen LogP contribution in [0, 0.1) is 0 Å². The van der Waals surface area contributed by atoms with Gasteiger partial charge in [0.05, 0.1) is 17.4 Å². The molecule has 1 saturated heterocycles. The van der Waals surface area contributed by atoms with Gasteiger partial charge < -0.3 is 15.3 Å². The molecule has 1 fully saturated rings. The molecule has 0 bridgehead atoms. The minimum absolute atomic E-state index is 0.200. The number of fused-ring (bicyclic) bond motifs is 2. The zero-order valence-corrected chi connectivity index (χ0v) is 12.4. The van der Waals surface area contributed by atoms with E-state index in [1.165, 1.54) is 4.90 Å². The maximum atomic E-state index is 12.8. The maximum Gasteiger partial charge on any atom is 0.256 e. The molecule has 2 N–H and O–H groups in total. The highest BCUT2D eigenvalue weighted by Gasteiger charge is 2.42. The average Bonchev–Trinajstić information content (AvgIpc) is 2.93. The second-order valence-electron chi connectivity index (χ2n) is 5.98. The van der Waals surface area contributed by atoms with Crippen LogP contribution in [0.3, 0.4) is 0 Å². The Morgan fingerprint density at radius 1 is 1.04 bits per heavy atom. The molecule has 116 valence electrons. The van der Waals surface area contributed by atoms with Crippen molar-refractivity contribution < 1.29 is 14.7 Å². The topological polar surface area (TPSA) is 69.6 Å². The monoisotopic (exact) mass is 308 g/mol. The van der Waals surface area contributed by atoms with Crippen molar-refractivity contribution in [2.45, 2.75) is 18.6 Å². The zero-order valence-electron chi connectivity index (χ0n) is 12.4. The van der Waals surface area contributed by atoms with Crippen molar-refractivity contribution in [3.8, 4) is 11.1 Å². The summed E-state index contributed by atoms with van der Waals surface area (Å²) in [5.41, 5.74) is 2.93. The second-order valence-corrected chi connectivity index (χ2v) is 5.98. The van der Waals surface area contributed by atoms with Gasteiger partial charge in [-0.2, -0.15) is 0 Å². The summed E-state index contributed by atoms with van der Waals surface area (Å²) in [4.78, 5) is 26.6. The Balaban J connectivity index is 1.79. The van der Waals surface area contributed by atoms with Crippen LogP contribution < -0.4 is 5.32 Å². The first kappa shape index (κ1) is 14.0. The number of rotatable bonds is 1. The van der Waals surface area contributed by atoms with Gasteiger partial charge in [0.1, 0.15) is 6.04 Å². The highest BCUT2D eigenvalue weighted by molar-refractivity contribution is 6.10. The number of nitrogens with zero attached hydrogens (tertiary/aromatic N) is 1. The number of hydrogen-bond donors (Lipinski definition) is 2. The number of aliphatic hydroxyl groups is 1. The lowest BCUT2D eigenvalue weighted by molar-refractivity contribution is -0.119. The fourth-order valence-corrected chi connectivity index (χ4v) is 3.30. The number of nitrogens with one attached hydrogen (secondary N) is 1. The van der Waals surface area contributed by atoms with E-state index in [1.807, 2.05) is 36.4 Å². The van der Waals surface area contributed by atoms with Crippen LogP contribution in [0.2, 0.25) is 0 Å². The molecular formula is C18H16N2O3. The Morgan fingerprint density at radius 3 is 2.61 bits per heavy atom. The Hall–Kier alpha value is -2.66. The molecule has 0 aromatic heterocycles. The van der Waals surface area contributed by atoms with E-state index in [-0.39, 0.29) is 24.8 Å². The smallest absolute Gasteiger partial charge is 0.256 e. The largest absolute Gasteiger partial charge is 0.391 e.